The zero-order valence-electron chi connectivity index (χ0n) is 9.65. The van der Waals surface area contributed by atoms with Gasteiger partial charge in [-0.1, -0.05) is 12.1 Å². The Balaban J connectivity index is 2.33. The fraction of sp³-hybridized carbons (Fsp3) is 0.154. The van der Waals surface area contributed by atoms with Crippen LogP contribution in [0.1, 0.15) is 10.8 Å². The van der Waals surface area contributed by atoms with Gasteiger partial charge in [0.25, 0.3) is 0 Å². The van der Waals surface area contributed by atoms with E-state index in [4.69, 9.17) is 10.2 Å². The molecule has 0 fully saturated rings. The van der Waals surface area contributed by atoms with E-state index in [0.29, 0.717) is 0 Å². The molecule has 4 heteroatoms. The van der Waals surface area contributed by atoms with Gasteiger partial charge >= 0.3 is 0 Å². The molecule has 0 atom stereocenters. The maximum atomic E-state index is 6.00. The first-order chi connectivity index (χ1) is 8.15. The number of thiazole rings is 1. The number of nitrogens with two attached hydrogens (primary N) is 1. The van der Waals surface area contributed by atoms with Gasteiger partial charge in [0.1, 0.15) is 22.0 Å². The van der Waals surface area contributed by atoms with E-state index in [1.54, 1.807) is 0 Å². The molecule has 0 bridgehead atoms. The van der Waals surface area contributed by atoms with Crippen LogP contribution in [0.5, 0.6) is 0 Å². The summed E-state index contributed by atoms with van der Waals surface area (Å²) in [5, 5.41) is 2.81. The molecule has 0 radical (unpaired) electrons. The molecule has 0 saturated heterocycles. The van der Waals surface area contributed by atoms with Gasteiger partial charge in [0.2, 0.25) is 0 Å². The quantitative estimate of drug-likeness (QED) is 0.709. The highest BCUT2D eigenvalue weighted by Gasteiger charge is 2.13. The molecule has 86 valence electrons. The standard InChI is InChI=1S/C13H12N2OS/c1-7-6-10-9(4-3-5-11(10)16-7)12-13(14)17-8(2)15-12/h3-6H,14H2,1-2H3. The average molecular weight is 244 g/mol. The van der Waals surface area contributed by atoms with Crippen molar-refractivity contribution in [2.24, 2.45) is 0 Å². The Morgan fingerprint density at radius 2 is 2.12 bits per heavy atom. The van der Waals surface area contributed by atoms with Crippen molar-refractivity contribution in [3.8, 4) is 11.3 Å². The van der Waals surface area contributed by atoms with Crippen LogP contribution in [0.25, 0.3) is 22.2 Å². The number of hydrogen-bond donors (Lipinski definition) is 1. The summed E-state index contributed by atoms with van der Waals surface area (Å²) in [6.45, 7) is 3.91. The van der Waals surface area contributed by atoms with Crippen LogP contribution in [-0.2, 0) is 0 Å². The summed E-state index contributed by atoms with van der Waals surface area (Å²) in [5.41, 5.74) is 8.78. The van der Waals surface area contributed by atoms with Gasteiger partial charge in [-0.3, -0.25) is 0 Å². The summed E-state index contributed by atoms with van der Waals surface area (Å²) < 4.78 is 5.61. The van der Waals surface area contributed by atoms with Crippen LogP contribution >= 0.6 is 11.3 Å². The molecule has 2 heterocycles. The summed E-state index contributed by atoms with van der Waals surface area (Å²) in [6.07, 6.45) is 0. The van der Waals surface area contributed by atoms with Gasteiger partial charge in [-0.25, -0.2) is 4.98 Å². The van der Waals surface area contributed by atoms with Crippen LogP contribution < -0.4 is 5.73 Å². The number of hydrogen-bond acceptors (Lipinski definition) is 4. The maximum Gasteiger partial charge on any atom is 0.134 e. The topological polar surface area (TPSA) is 52.0 Å². The van der Waals surface area contributed by atoms with Gasteiger partial charge in [-0.15, -0.1) is 11.3 Å². The molecule has 1 aromatic carbocycles. The van der Waals surface area contributed by atoms with Gasteiger partial charge in [-0.2, -0.15) is 0 Å². The van der Waals surface area contributed by atoms with Gasteiger partial charge in [0.15, 0.2) is 0 Å². The third kappa shape index (κ3) is 1.61. The highest BCUT2D eigenvalue weighted by molar-refractivity contribution is 7.16. The van der Waals surface area contributed by atoms with E-state index in [1.165, 1.54) is 11.3 Å². The Morgan fingerprint density at radius 1 is 1.29 bits per heavy atom. The van der Waals surface area contributed by atoms with E-state index < -0.39 is 0 Å². The van der Waals surface area contributed by atoms with Crippen molar-refractivity contribution in [2.45, 2.75) is 13.8 Å². The molecule has 0 unspecified atom stereocenters. The Morgan fingerprint density at radius 3 is 2.82 bits per heavy atom. The highest BCUT2D eigenvalue weighted by atomic mass is 32.1. The third-order valence-corrected chi connectivity index (χ3v) is 3.50. The van der Waals surface area contributed by atoms with E-state index in [1.807, 2.05) is 38.1 Å². The first-order valence-corrected chi connectivity index (χ1v) is 6.19. The lowest BCUT2D eigenvalue weighted by Gasteiger charge is -1.99. The SMILES string of the molecule is Cc1cc2c(-c3nc(C)sc3N)cccc2o1. The molecular weight excluding hydrogens is 232 g/mol. The van der Waals surface area contributed by atoms with Crippen LogP contribution in [0.4, 0.5) is 5.00 Å². The number of fused-ring (bicyclic) bond motifs is 1. The summed E-state index contributed by atoms with van der Waals surface area (Å²) in [6, 6.07) is 7.98. The van der Waals surface area contributed by atoms with Crippen molar-refractivity contribution in [1.82, 2.24) is 4.98 Å². The lowest BCUT2D eigenvalue weighted by molar-refractivity contribution is 0.578. The summed E-state index contributed by atoms with van der Waals surface area (Å²) in [5.74, 6) is 0.901. The molecule has 0 amide bonds. The number of aromatic nitrogens is 1. The van der Waals surface area contributed by atoms with Crippen molar-refractivity contribution in [3.05, 3.63) is 35.0 Å². The first-order valence-electron chi connectivity index (χ1n) is 5.37. The average Bonchev–Trinajstić information content (AvgIpc) is 2.79. The number of benzene rings is 1. The van der Waals surface area contributed by atoms with E-state index in [0.717, 1.165) is 38.0 Å². The molecule has 0 aliphatic rings. The van der Waals surface area contributed by atoms with Crippen molar-refractivity contribution in [3.63, 3.8) is 0 Å². The zero-order chi connectivity index (χ0) is 12.0. The van der Waals surface area contributed by atoms with Crippen molar-refractivity contribution >= 4 is 27.3 Å². The highest BCUT2D eigenvalue weighted by Crippen LogP contribution is 2.35. The van der Waals surface area contributed by atoms with Gasteiger partial charge in [-0.05, 0) is 26.0 Å². The van der Waals surface area contributed by atoms with Gasteiger partial charge in [0, 0.05) is 10.9 Å². The molecule has 3 aromatic rings. The molecule has 2 aromatic heterocycles. The van der Waals surface area contributed by atoms with Crippen LogP contribution in [0, 0.1) is 13.8 Å². The Bertz CT molecular complexity index is 697. The van der Waals surface area contributed by atoms with Crippen molar-refractivity contribution < 1.29 is 4.42 Å². The number of nitrogen functional groups attached to an aromatic ring is 1. The molecule has 0 saturated carbocycles. The summed E-state index contributed by atoms with van der Waals surface area (Å²) >= 11 is 1.52. The number of furan rings is 1. The Labute approximate surface area is 103 Å². The minimum Gasteiger partial charge on any atom is -0.461 e. The normalized spacial score (nSPS) is 11.2. The predicted octanol–water partition coefficient (Wildman–Crippen LogP) is 3.76. The Hall–Kier alpha value is -1.81. The fourth-order valence-electron chi connectivity index (χ4n) is 2.03. The van der Waals surface area contributed by atoms with Crippen LogP contribution in [0.15, 0.2) is 28.7 Å². The largest absolute Gasteiger partial charge is 0.461 e. The second-order valence-electron chi connectivity index (χ2n) is 4.02. The molecule has 0 aliphatic carbocycles. The van der Waals surface area contributed by atoms with Crippen molar-refractivity contribution in [1.29, 1.82) is 0 Å². The summed E-state index contributed by atoms with van der Waals surface area (Å²) in [7, 11) is 0. The van der Waals surface area contributed by atoms with Gasteiger partial charge in [0.05, 0.1) is 5.01 Å². The van der Waals surface area contributed by atoms with E-state index in [2.05, 4.69) is 4.98 Å². The predicted molar refractivity (Wildman–Crippen MR) is 71.2 cm³/mol. The van der Waals surface area contributed by atoms with E-state index in [-0.39, 0.29) is 0 Å². The zero-order valence-corrected chi connectivity index (χ0v) is 10.5. The lowest BCUT2D eigenvalue weighted by Crippen LogP contribution is -1.86. The molecule has 17 heavy (non-hydrogen) atoms. The maximum absolute atomic E-state index is 6.00. The second-order valence-corrected chi connectivity index (χ2v) is 5.25. The van der Waals surface area contributed by atoms with E-state index in [9.17, 15) is 0 Å². The first kappa shape index (κ1) is 10.4. The smallest absolute Gasteiger partial charge is 0.134 e. The van der Waals surface area contributed by atoms with Gasteiger partial charge < -0.3 is 10.2 Å². The number of rotatable bonds is 1. The Kier molecular flexibility index (Phi) is 2.19. The number of nitrogens with zero attached hydrogens (tertiary/aromatic N) is 1. The fourth-order valence-corrected chi connectivity index (χ4v) is 2.74. The third-order valence-electron chi connectivity index (χ3n) is 2.70. The van der Waals surface area contributed by atoms with Crippen LogP contribution in [0.2, 0.25) is 0 Å². The second kappa shape index (κ2) is 3.60. The van der Waals surface area contributed by atoms with Crippen LogP contribution in [-0.4, -0.2) is 4.98 Å². The molecule has 3 rings (SSSR count). The molecule has 2 N–H and O–H groups in total. The van der Waals surface area contributed by atoms with E-state index >= 15 is 0 Å². The molecule has 3 nitrogen and oxygen atoms in total. The van der Waals surface area contributed by atoms with Crippen LogP contribution in [0.3, 0.4) is 0 Å². The molecular formula is C13H12N2OS. The molecule has 0 spiro atoms. The molecule has 0 aliphatic heterocycles. The number of aryl methyl sites for hydroxylation is 2. The monoisotopic (exact) mass is 244 g/mol. The van der Waals surface area contributed by atoms with Crippen molar-refractivity contribution in [2.75, 3.05) is 5.73 Å². The summed E-state index contributed by atoms with van der Waals surface area (Å²) in [4.78, 5) is 4.49. The number of anilines is 1. The minimum absolute atomic E-state index is 0.758. The lowest BCUT2D eigenvalue weighted by atomic mass is 10.1. The minimum atomic E-state index is 0.758.